The molecule has 1 saturated carbocycles. The van der Waals surface area contributed by atoms with Crippen molar-refractivity contribution in [1.82, 2.24) is 0 Å². The minimum absolute atomic E-state index is 0.127. The van der Waals surface area contributed by atoms with E-state index in [1.165, 1.54) is 12.8 Å². The SMILES string of the molecule is CCC1(C(=O)Nc2ccc(C)o2)CCCC1. The molecule has 0 saturated heterocycles. The van der Waals surface area contributed by atoms with E-state index in [9.17, 15) is 4.79 Å². The van der Waals surface area contributed by atoms with Crippen molar-refractivity contribution in [3.63, 3.8) is 0 Å². The van der Waals surface area contributed by atoms with Crippen LogP contribution in [0.25, 0.3) is 0 Å². The molecule has 0 aliphatic heterocycles. The van der Waals surface area contributed by atoms with E-state index in [-0.39, 0.29) is 11.3 Å². The average molecular weight is 221 g/mol. The van der Waals surface area contributed by atoms with Crippen LogP contribution in [-0.4, -0.2) is 5.91 Å². The van der Waals surface area contributed by atoms with Crippen LogP contribution in [0.1, 0.15) is 44.8 Å². The normalized spacial score (nSPS) is 18.6. The molecule has 1 fully saturated rings. The number of aryl methyl sites for hydroxylation is 1. The van der Waals surface area contributed by atoms with Crippen molar-refractivity contribution in [2.45, 2.75) is 46.0 Å². The number of anilines is 1. The first-order valence-corrected chi connectivity index (χ1v) is 6.04. The van der Waals surface area contributed by atoms with Crippen molar-refractivity contribution in [3.05, 3.63) is 17.9 Å². The van der Waals surface area contributed by atoms with Crippen LogP contribution >= 0.6 is 0 Å². The van der Waals surface area contributed by atoms with Crippen molar-refractivity contribution < 1.29 is 9.21 Å². The molecule has 0 unspecified atom stereocenters. The van der Waals surface area contributed by atoms with Crippen LogP contribution in [0, 0.1) is 12.3 Å². The van der Waals surface area contributed by atoms with E-state index in [0.29, 0.717) is 5.88 Å². The Labute approximate surface area is 96.2 Å². The Balaban J connectivity index is 2.07. The maximum Gasteiger partial charge on any atom is 0.232 e. The summed E-state index contributed by atoms with van der Waals surface area (Å²) in [6.45, 7) is 3.97. The number of carbonyl (C=O) groups is 1. The van der Waals surface area contributed by atoms with Gasteiger partial charge in [0.2, 0.25) is 5.91 Å². The van der Waals surface area contributed by atoms with Gasteiger partial charge in [0.25, 0.3) is 0 Å². The van der Waals surface area contributed by atoms with Crippen LogP contribution in [0.15, 0.2) is 16.5 Å². The predicted octanol–water partition coefficient (Wildman–Crippen LogP) is 3.50. The topological polar surface area (TPSA) is 42.2 Å². The lowest BCUT2D eigenvalue weighted by molar-refractivity contribution is -0.125. The molecule has 0 spiro atoms. The van der Waals surface area contributed by atoms with Gasteiger partial charge in [0.1, 0.15) is 5.76 Å². The molecular formula is C13H19NO2. The van der Waals surface area contributed by atoms with Crippen LogP contribution in [0.5, 0.6) is 0 Å². The summed E-state index contributed by atoms with van der Waals surface area (Å²) in [5.41, 5.74) is -0.152. The molecule has 2 rings (SSSR count). The molecule has 1 aliphatic carbocycles. The fourth-order valence-electron chi connectivity index (χ4n) is 2.54. The number of rotatable bonds is 3. The number of hydrogen-bond acceptors (Lipinski definition) is 2. The number of furan rings is 1. The lowest BCUT2D eigenvalue weighted by atomic mass is 9.82. The zero-order valence-electron chi connectivity index (χ0n) is 10.0. The Hall–Kier alpha value is -1.25. The molecule has 1 aliphatic rings. The van der Waals surface area contributed by atoms with Gasteiger partial charge in [0.05, 0.1) is 0 Å². The van der Waals surface area contributed by atoms with Gasteiger partial charge in [-0.1, -0.05) is 19.8 Å². The highest BCUT2D eigenvalue weighted by molar-refractivity contribution is 5.94. The third kappa shape index (κ3) is 1.99. The summed E-state index contributed by atoms with van der Waals surface area (Å²) in [4.78, 5) is 12.2. The van der Waals surface area contributed by atoms with Gasteiger partial charge in [-0.3, -0.25) is 10.1 Å². The lowest BCUT2D eigenvalue weighted by Gasteiger charge is -2.25. The highest BCUT2D eigenvalue weighted by Gasteiger charge is 2.39. The smallest absolute Gasteiger partial charge is 0.232 e. The van der Waals surface area contributed by atoms with E-state index in [2.05, 4.69) is 12.2 Å². The number of hydrogen-bond donors (Lipinski definition) is 1. The molecule has 1 N–H and O–H groups in total. The van der Waals surface area contributed by atoms with Gasteiger partial charge in [-0.2, -0.15) is 0 Å². The Bertz CT molecular complexity index is 375. The summed E-state index contributed by atoms with van der Waals surface area (Å²) in [6.07, 6.45) is 5.26. The standard InChI is InChI=1S/C13H19NO2/c1-3-13(8-4-5-9-13)12(15)14-11-7-6-10(2)16-11/h6-7H,3-5,8-9H2,1-2H3,(H,14,15). The summed E-state index contributed by atoms with van der Waals surface area (Å²) in [6, 6.07) is 3.68. The third-order valence-corrected chi connectivity index (χ3v) is 3.70. The molecule has 3 heteroatoms. The molecule has 0 atom stereocenters. The number of carbonyl (C=O) groups excluding carboxylic acids is 1. The molecule has 16 heavy (non-hydrogen) atoms. The second kappa shape index (κ2) is 4.32. The van der Waals surface area contributed by atoms with Gasteiger partial charge in [-0.25, -0.2) is 0 Å². The van der Waals surface area contributed by atoms with Crippen LogP contribution in [0.2, 0.25) is 0 Å². The average Bonchev–Trinajstić information content (AvgIpc) is 2.88. The summed E-state index contributed by atoms with van der Waals surface area (Å²) < 4.78 is 5.37. The number of amides is 1. The second-order valence-electron chi connectivity index (χ2n) is 4.71. The quantitative estimate of drug-likeness (QED) is 0.848. The Kier molecular flexibility index (Phi) is 3.03. The van der Waals surface area contributed by atoms with Crippen LogP contribution in [0.3, 0.4) is 0 Å². The number of nitrogens with one attached hydrogen (secondary N) is 1. The predicted molar refractivity (Wildman–Crippen MR) is 63.3 cm³/mol. The van der Waals surface area contributed by atoms with E-state index in [4.69, 9.17) is 4.42 Å². The van der Waals surface area contributed by atoms with Gasteiger partial charge in [-0.15, -0.1) is 0 Å². The van der Waals surface area contributed by atoms with E-state index in [0.717, 1.165) is 25.0 Å². The molecule has 1 heterocycles. The van der Waals surface area contributed by atoms with E-state index >= 15 is 0 Å². The van der Waals surface area contributed by atoms with Gasteiger partial charge in [-0.05, 0) is 32.3 Å². The van der Waals surface area contributed by atoms with E-state index in [1.807, 2.05) is 19.1 Å². The van der Waals surface area contributed by atoms with Crippen molar-refractivity contribution in [3.8, 4) is 0 Å². The highest BCUT2D eigenvalue weighted by atomic mass is 16.4. The van der Waals surface area contributed by atoms with Crippen LogP contribution in [-0.2, 0) is 4.79 Å². The summed E-state index contributed by atoms with van der Waals surface area (Å²) in [5, 5.41) is 2.89. The van der Waals surface area contributed by atoms with Crippen molar-refractivity contribution in [2.75, 3.05) is 5.32 Å². The summed E-state index contributed by atoms with van der Waals surface area (Å²) in [7, 11) is 0. The molecule has 88 valence electrons. The first kappa shape index (κ1) is 11.2. The summed E-state index contributed by atoms with van der Waals surface area (Å²) >= 11 is 0. The van der Waals surface area contributed by atoms with Crippen molar-refractivity contribution in [2.24, 2.45) is 5.41 Å². The summed E-state index contributed by atoms with van der Waals surface area (Å²) in [5.74, 6) is 1.52. The first-order chi connectivity index (χ1) is 7.66. The monoisotopic (exact) mass is 221 g/mol. The molecule has 1 amide bonds. The third-order valence-electron chi connectivity index (χ3n) is 3.70. The van der Waals surface area contributed by atoms with Gasteiger partial charge < -0.3 is 4.42 Å². The van der Waals surface area contributed by atoms with Gasteiger partial charge in [0.15, 0.2) is 5.88 Å². The Morgan fingerprint density at radius 1 is 1.44 bits per heavy atom. The first-order valence-electron chi connectivity index (χ1n) is 6.04. The molecule has 0 radical (unpaired) electrons. The highest BCUT2D eigenvalue weighted by Crippen LogP contribution is 2.41. The minimum Gasteiger partial charge on any atom is -0.446 e. The molecule has 3 nitrogen and oxygen atoms in total. The van der Waals surface area contributed by atoms with Gasteiger partial charge >= 0.3 is 0 Å². The zero-order chi connectivity index (χ0) is 11.6. The fraction of sp³-hybridized carbons (Fsp3) is 0.615. The molecule has 0 aromatic carbocycles. The van der Waals surface area contributed by atoms with E-state index in [1.54, 1.807) is 0 Å². The van der Waals surface area contributed by atoms with Crippen LogP contribution < -0.4 is 5.32 Å². The molecule has 1 aromatic rings. The molecule has 1 aromatic heterocycles. The largest absolute Gasteiger partial charge is 0.446 e. The van der Waals surface area contributed by atoms with Crippen molar-refractivity contribution in [1.29, 1.82) is 0 Å². The Morgan fingerprint density at radius 3 is 2.62 bits per heavy atom. The lowest BCUT2D eigenvalue weighted by Crippen LogP contribution is -2.33. The van der Waals surface area contributed by atoms with Crippen molar-refractivity contribution >= 4 is 11.8 Å². The zero-order valence-corrected chi connectivity index (χ0v) is 10.0. The van der Waals surface area contributed by atoms with Gasteiger partial charge in [0, 0.05) is 11.5 Å². The maximum absolute atomic E-state index is 12.2. The maximum atomic E-state index is 12.2. The Morgan fingerprint density at radius 2 is 2.12 bits per heavy atom. The molecule has 0 bridgehead atoms. The fourth-order valence-corrected chi connectivity index (χ4v) is 2.54. The molecular weight excluding hydrogens is 202 g/mol. The van der Waals surface area contributed by atoms with Crippen LogP contribution in [0.4, 0.5) is 5.88 Å². The second-order valence-corrected chi connectivity index (χ2v) is 4.71. The minimum atomic E-state index is -0.152. The van der Waals surface area contributed by atoms with E-state index < -0.39 is 0 Å².